The third-order valence-electron chi connectivity index (χ3n) is 12.7. The van der Waals surface area contributed by atoms with Crippen LogP contribution < -0.4 is 14.8 Å². The summed E-state index contributed by atoms with van der Waals surface area (Å²) in [5.41, 5.74) is -0.206. The Balaban J connectivity index is 1.93. The van der Waals surface area contributed by atoms with E-state index in [4.69, 9.17) is 23.7 Å². The minimum atomic E-state index is -1.14. The van der Waals surface area contributed by atoms with Crippen molar-refractivity contribution in [3.8, 4) is 11.5 Å². The molecule has 9 atom stereocenters. The summed E-state index contributed by atoms with van der Waals surface area (Å²) in [5, 5.41) is 13.7. The van der Waals surface area contributed by atoms with Gasteiger partial charge in [0.25, 0.3) is 5.69 Å². The average Bonchev–Trinajstić information content (AvgIpc) is 3.69. The monoisotopic (exact) mass is 943 g/mol. The van der Waals surface area contributed by atoms with Gasteiger partial charge in [0, 0.05) is 57.7 Å². The number of nitrogens with zero attached hydrogens (tertiary/aromatic N) is 4. The van der Waals surface area contributed by atoms with E-state index >= 15 is 0 Å². The second kappa shape index (κ2) is 25.6. The molecule has 0 spiro atoms. The minimum Gasteiger partial charge on any atom is -0.494 e. The molecule has 0 unspecified atom stereocenters. The maximum atomic E-state index is 14.7. The van der Waals surface area contributed by atoms with Crippen molar-refractivity contribution in [1.82, 2.24) is 20.0 Å². The summed E-state index contributed by atoms with van der Waals surface area (Å²) in [5.74, 6) is -4.73. The SMILES string of the molecule is CC[C@H](C)[C@@H]([C@@H](CC(=O)N1C[C@@H](OC(=O)Oc2ccc([N+](=O)[O-])cc2)C[C@H]1[C@H](OC)[C@@H](C)C(=O)NCC(=O)c1ccc(OC)c(F)c1)OC)N(C)C(=O)[C@@H](CC(=O)[C@H](C(C)C)N(C)C)C(C)C. The molecular formula is C48H70FN5O13. The van der Waals surface area contributed by atoms with Gasteiger partial charge in [-0.2, -0.15) is 0 Å². The number of nitro groups is 1. The van der Waals surface area contributed by atoms with Crippen molar-refractivity contribution in [3.63, 3.8) is 0 Å². The third kappa shape index (κ3) is 14.7. The molecular weight excluding hydrogens is 874 g/mol. The van der Waals surface area contributed by atoms with Crippen molar-refractivity contribution >= 4 is 41.1 Å². The zero-order valence-corrected chi connectivity index (χ0v) is 41.1. The summed E-state index contributed by atoms with van der Waals surface area (Å²) in [7, 11) is 9.45. The van der Waals surface area contributed by atoms with Crippen molar-refractivity contribution < 1.29 is 61.8 Å². The van der Waals surface area contributed by atoms with E-state index in [2.05, 4.69) is 5.32 Å². The fraction of sp³-hybridized carbons (Fsp3) is 0.625. The molecule has 3 amide bonds. The lowest BCUT2D eigenvalue weighted by molar-refractivity contribution is -0.384. The van der Waals surface area contributed by atoms with Gasteiger partial charge in [-0.25, -0.2) is 9.18 Å². The van der Waals surface area contributed by atoms with E-state index in [9.17, 15) is 43.3 Å². The number of methoxy groups -OCH3 is 3. The fourth-order valence-electron chi connectivity index (χ4n) is 9.00. The lowest BCUT2D eigenvalue weighted by atomic mass is 9.83. The van der Waals surface area contributed by atoms with Crippen LogP contribution in [0, 0.1) is 45.5 Å². The number of hydrogen-bond donors (Lipinski definition) is 1. The molecule has 19 heteroatoms. The van der Waals surface area contributed by atoms with Crippen molar-refractivity contribution in [2.45, 2.75) is 111 Å². The van der Waals surface area contributed by atoms with Gasteiger partial charge in [-0.15, -0.1) is 0 Å². The number of carbonyl (C=O) groups excluding carboxylic acids is 6. The Labute approximate surface area is 393 Å². The molecule has 1 fully saturated rings. The van der Waals surface area contributed by atoms with Crippen LogP contribution in [0.3, 0.4) is 0 Å². The number of rotatable bonds is 25. The summed E-state index contributed by atoms with van der Waals surface area (Å²) >= 11 is 0. The standard InChI is InChI=1S/C48H70FN5O13/c1-14-29(6)44(52(10)47(59)35(27(2)3)23-38(55)43(28(4)5)51(8)9)41(64-12)24-42(57)53-26-34(67-48(60)66-33-18-16-32(17-19-33)54(61)62)22-37(53)45(65-13)30(7)46(58)50-25-39(56)31-15-20-40(63-11)36(49)21-31/h15-21,27-30,34-35,37,41,43-45H,14,22-26H2,1-13H3,(H,50,58)/t29-,30+,34-,35-,37-,41+,43-,44-,45+/m0/s1. The van der Waals surface area contributed by atoms with E-state index in [1.165, 1.54) is 50.5 Å². The Morgan fingerprint density at radius 2 is 1.55 bits per heavy atom. The van der Waals surface area contributed by atoms with E-state index in [0.29, 0.717) is 6.42 Å². The van der Waals surface area contributed by atoms with Crippen LogP contribution in [0.1, 0.15) is 84.5 Å². The number of halogens is 1. The molecule has 67 heavy (non-hydrogen) atoms. The first-order valence-electron chi connectivity index (χ1n) is 22.6. The van der Waals surface area contributed by atoms with Crippen LogP contribution in [0.2, 0.25) is 0 Å². The van der Waals surface area contributed by atoms with Gasteiger partial charge in [0.1, 0.15) is 11.9 Å². The highest BCUT2D eigenvalue weighted by atomic mass is 19.1. The van der Waals surface area contributed by atoms with Gasteiger partial charge in [-0.05, 0) is 62.2 Å². The molecule has 0 aliphatic carbocycles. The molecule has 1 N–H and O–H groups in total. The number of nitrogens with one attached hydrogen (secondary N) is 1. The number of Topliss-reactive ketones (excluding diaryl/α,β-unsaturated/α-hetero) is 2. The lowest BCUT2D eigenvalue weighted by Crippen LogP contribution is -2.54. The molecule has 3 rings (SSSR count). The predicted octanol–water partition coefficient (Wildman–Crippen LogP) is 5.97. The smallest absolute Gasteiger partial charge is 0.494 e. The summed E-state index contributed by atoms with van der Waals surface area (Å²) in [6, 6.07) is 6.58. The first-order chi connectivity index (χ1) is 31.5. The number of benzene rings is 2. The Bertz CT molecular complexity index is 2020. The van der Waals surface area contributed by atoms with E-state index in [-0.39, 0.29) is 84.0 Å². The maximum absolute atomic E-state index is 14.7. The minimum absolute atomic E-state index is 0.00996. The zero-order valence-electron chi connectivity index (χ0n) is 41.1. The Morgan fingerprint density at radius 1 is 0.910 bits per heavy atom. The number of ketones is 2. The molecule has 2 aromatic carbocycles. The molecule has 0 radical (unpaired) electrons. The van der Waals surface area contributed by atoms with Crippen molar-refractivity contribution in [2.24, 2.45) is 29.6 Å². The summed E-state index contributed by atoms with van der Waals surface area (Å²) in [4.78, 5) is 98.0. The summed E-state index contributed by atoms with van der Waals surface area (Å²) in [6.45, 7) is 12.6. The summed E-state index contributed by atoms with van der Waals surface area (Å²) < 4.78 is 42.2. The molecule has 0 saturated carbocycles. The van der Waals surface area contributed by atoms with Crippen molar-refractivity contribution in [2.75, 3.05) is 55.6 Å². The number of amides is 3. The van der Waals surface area contributed by atoms with Crippen LogP contribution in [0.25, 0.3) is 0 Å². The molecule has 1 heterocycles. The van der Waals surface area contributed by atoms with Gasteiger partial charge in [0.05, 0.1) is 67.8 Å². The normalized spacial score (nSPS) is 18.1. The van der Waals surface area contributed by atoms with Gasteiger partial charge in [-0.3, -0.25) is 39.0 Å². The molecule has 1 saturated heterocycles. The van der Waals surface area contributed by atoms with Gasteiger partial charge in [0.15, 0.2) is 23.1 Å². The van der Waals surface area contributed by atoms with E-state index in [1.807, 2.05) is 60.5 Å². The number of carbonyl (C=O) groups is 6. The molecule has 0 bridgehead atoms. The average molecular weight is 944 g/mol. The quantitative estimate of drug-likeness (QED) is 0.0399. The van der Waals surface area contributed by atoms with Crippen LogP contribution in [-0.2, 0) is 33.4 Å². The van der Waals surface area contributed by atoms with Gasteiger partial charge in [0.2, 0.25) is 17.7 Å². The third-order valence-corrected chi connectivity index (χ3v) is 12.7. The predicted molar refractivity (Wildman–Crippen MR) is 246 cm³/mol. The molecule has 18 nitrogen and oxygen atoms in total. The van der Waals surface area contributed by atoms with Crippen LogP contribution >= 0.6 is 0 Å². The van der Waals surface area contributed by atoms with Crippen LogP contribution in [0.5, 0.6) is 11.5 Å². The number of nitro benzene ring substituents is 1. The van der Waals surface area contributed by atoms with Gasteiger partial charge >= 0.3 is 6.16 Å². The first-order valence-corrected chi connectivity index (χ1v) is 22.6. The fourth-order valence-corrected chi connectivity index (χ4v) is 9.00. The topological polar surface area (TPSA) is 213 Å². The number of non-ortho nitro benzene ring substituents is 1. The summed E-state index contributed by atoms with van der Waals surface area (Å²) in [6.07, 6.45) is -3.60. The number of likely N-dealkylation sites (tertiary alicyclic amines) is 1. The molecule has 0 aromatic heterocycles. The molecule has 372 valence electrons. The number of hydrogen-bond acceptors (Lipinski definition) is 14. The van der Waals surface area contributed by atoms with Gasteiger partial charge in [-0.1, -0.05) is 54.9 Å². The maximum Gasteiger partial charge on any atom is 0.514 e. The number of likely N-dealkylation sites (N-methyl/N-ethyl adjacent to an activating group) is 2. The van der Waals surface area contributed by atoms with E-state index in [0.717, 1.165) is 18.2 Å². The van der Waals surface area contributed by atoms with Crippen molar-refractivity contribution in [3.05, 3.63) is 64.0 Å². The second-order valence-corrected chi connectivity index (χ2v) is 18.1. The molecule has 1 aliphatic heterocycles. The van der Waals surface area contributed by atoms with E-state index in [1.54, 1.807) is 18.9 Å². The van der Waals surface area contributed by atoms with Crippen LogP contribution in [-0.4, -0.2) is 147 Å². The number of ether oxygens (including phenoxy) is 5. The Kier molecular flexibility index (Phi) is 21.3. The zero-order chi connectivity index (χ0) is 50.4. The van der Waals surface area contributed by atoms with Crippen molar-refractivity contribution in [1.29, 1.82) is 0 Å². The highest BCUT2D eigenvalue weighted by Gasteiger charge is 2.47. The van der Waals surface area contributed by atoms with Gasteiger partial charge < -0.3 is 38.8 Å². The molecule has 2 aromatic rings. The highest BCUT2D eigenvalue weighted by Crippen LogP contribution is 2.33. The Morgan fingerprint density at radius 3 is 2.06 bits per heavy atom. The van der Waals surface area contributed by atoms with Crippen LogP contribution in [0.4, 0.5) is 14.9 Å². The lowest BCUT2D eigenvalue weighted by Gasteiger charge is -2.41. The largest absolute Gasteiger partial charge is 0.514 e. The molecule has 1 aliphatic rings. The first kappa shape index (κ1) is 55.8. The Hall–Kier alpha value is -5.53. The van der Waals surface area contributed by atoms with Crippen LogP contribution in [0.15, 0.2) is 42.5 Å². The van der Waals surface area contributed by atoms with E-state index < -0.39 is 83.3 Å². The second-order valence-electron chi connectivity index (χ2n) is 18.1. The highest BCUT2D eigenvalue weighted by molar-refractivity contribution is 5.99.